The van der Waals surface area contributed by atoms with E-state index in [1.54, 1.807) is 77.0 Å². The molecule has 0 aliphatic heterocycles. The molecule has 0 saturated heterocycles. The highest BCUT2D eigenvalue weighted by molar-refractivity contribution is 5.76. The van der Waals surface area contributed by atoms with Crippen molar-refractivity contribution in [1.29, 1.82) is 0 Å². The minimum atomic E-state index is -2.18. The molecule has 15 heteroatoms. The van der Waals surface area contributed by atoms with E-state index in [4.69, 9.17) is 28.4 Å². The van der Waals surface area contributed by atoms with Crippen molar-refractivity contribution in [3.05, 3.63) is 59.2 Å². The van der Waals surface area contributed by atoms with Crippen molar-refractivity contribution in [2.45, 2.75) is 130 Å². The maximum absolute atomic E-state index is 14.0. The zero-order valence-electron chi connectivity index (χ0n) is 33.9. The maximum atomic E-state index is 14.0. The molecule has 1 aromatic carbocycles. The van der Waals surface area contributed by atoms with Crippen LogP contribution in [0, 0.1) is 16.7 Å². The van der Waals surface area contributed by atoms with E-state index in [-0.39, 0.29) is 24.0 Å². The molecule has 308 valence electrons. The first-order chi connectivity index (χ1) is 25.9. The Kier molecular flexibility index (Phi) is 13.0. The molecule has 2 bridgehead atoms. The smallest absolute Gasteiger partial charge is 0.337 e. The van der Waals surface area contributed by atoms with Gasteiger partial charge in [-0.05, 0) is 43.3 Å². The third-order valence-electron chi connectivity index (χ3n) is 11.7. The van der Waals surface area contributed by atoms with Gasteiger partial charge in [0.2, 0.25) is 0 Å². The van der Waals surface area contributed by atoms with Crippen molar-refractivity contribution in [2.24, 2.45) is 16.7 Å². The van der Waals surface area contributed by atoms with Crippen LogP contribution in [0.4, 0.5) is 0 Å². The topological polar surface area (TPSA) is 201 Å². The second-order valence-corrected chi connectivity index (χ2v) is 16.0. The molecular weight excluding hydrogens is 730 g/mol. The van der Waals surface area contributed by atoms with Crippen LogP contribution < -0.4 is 0 Å². The second-order valence-electron chi connectivity index (χ2n) is 16.0. The van der Waals surface area contributed by atoms with E-state index in [9.17, 15) is 39.0 Å². The van der Waals surface area contributed by atoms with Crippen molar-refractivity contribution >= 4 is 35.8 Å². The Morgan fingerprint density at radius 3 is 1.79 bits per heavy atom. The van der Waals surface area contributed by atoms with E-state index in [0.29, 0.717) is 11.1 Å². The normalized spacial score (nSPS) is 32.0. The zero-order chi connectivity index (χ0) is 42.2. The average Bonchev–Trinajstić information content (AvgIpc) is 3.06. The van der Waals surface area contributed by atoms with Crippen molar-refractivity contribution < 1.29 is 67.4 Å². The maximum Gasteiger partial charge on any atom is 0.337 e. The summed E-state index contributed by atoms with van der Waals surface area (Å²) in [5.74, 6) is -6.41. The van der Waals surface area contributed by atoms with E-state index in [0.717, 1.165) is 27.7 Å². The van der Waals surface area contributed by atoms with Crippen molar-refractivity contribution in [1.82, 2.24) is 4.90 Å². The fraction of sp³-hybridized carbons (Fsp3) is 0.610. The molecule has 0 spiro atoms. The first kappa shape index (κ1) is 44.1. The van der Waals surface area contributed by atoms with E-state index >= 15 is 0 Å². The molecule has 15 nitrogen and oxygen atoms in total. The van der Waals surface area contributed by atoms with Crippen molar-refractivity contribution in [2.75, 3.05) is 14.1 Å². The number of hydrogen-bond acceptors (Lipinski definition) is 15. The van der Waals surface area contributed by atoms with E-state index in [1.807, 2.05) is 0 Å². The molecule has 0 radical (unpaired) electrons. The van der Waals surface area contributed by atoms with Gasteiger partial charge in [-0.2, -0.15) is 0 Å². The van der Waals surface area contributed by atoms with E-state index in [2.05, 4.69) is 6.58 Å². The SMILES string of the molecule is C=C1C(OC(=O)C(O)C(c2ccccc2)N(C)C)CC(OC(C)=O)C2(C)C(OC(C)=O)C(OC(C)=O)C3=C(C)C(OC(C)=O)CC(O)(C(OC(C)=O)C12)C3(C)C. The summed E-state index contributed by atoms with van der Waals surface area (Å²) in [6, 6.07) is 7.95. The zero-order valence-corrected chi connectivity index (χ0v) is 33.9. The number of ether oxygens (including phenoxy) is 6. The van der Waals surface area contributed by atoms with Gasteiger partial charge in [-0.3, -0.25) is 28.9 Å². The molecular formula is C41H55NO14. The number of benzene rings is 1. The molecule has 2 saturated carbocycles. The molecule has 3 aliphatic carbocycles. The Labute approximate surface area is 327 Å². The lowest BCUT2D eigenvalue weighted by molar-refractivity contribution is -0.259. The molecule has 4 rings (SSSR count). The van der Waals surface area contributed by atoms with Crippen molar-refractivity contribution in [3.8, 4) is 0 Å². The minimum Gasteiger partial charge on any atom is -0.462 e. The van der Waals surface area contributed by atoms with Crippen LogP contribution in [0.15, 0.2) is 53.6 Å². The van der Waals surface area contributed by atoms with Crippen molar-refractivity contribution in [3.63, 3.8) is 0 Å². The van der Waals surface area contributed by atoms with Gasteiger partial charge in [0, 0.05) is 58.8 Å². The van der Waals surface area contributed by atoms with Gasteiger partial charge in [0.15, 0.2) is 18.3 Å². The van der Waals surface area contributed by atoms with Crippen LogP contribution in [-0.2, 0) is 57.2 Å². The minimum absolute atomic E-state index is 0.0468. The Bertz CT molecular complexity index is 1770. The number of nitrogens with zero attached hydrogens (tertiary/aromatic N) is 1. The Morgan fingerprint density at radius 2 is 1.29 bits per heavy atom. The number of carbonyl (C=O) groups excluding carboxylic acids is 6. The van der Waals surface area contributed by atoms with Crippen LogP contribution in [0.5, 0.6) is 0 Å². The molecule has 11 atom stereocenters. The lowest BCUT2D eigenvalue weighted by Crippen LogP contribution is -2.73. The third-order valence-corrected chi connectivity index (χ3v) is 11.7. The van der Waals surface area contributed by atoms with Crippen LogP contribution in [-0.4, -0.2) is 113 Å². The van der Waals surface area contributed by atoms with Gasteiger partial charge in [-0.1, -0.05) is 57.7 Å². The van der Waals surface area contributed by atoms with Gasteiger partial charge < -0.3 is 38.6 Å². The number of fused-ring (bicyclic) bond motifs is 3. The lowest BCUT2D eigenvalue weighted by atomic mass is 9.47. The predicted molar refractivity (Wildman–Crippen MR) is 198 cm³/mol. The first-order valence-electron chi connectivity index (χ1n) is 18.5. The lowest BCUT2D eigenvalue weighted by Gasteiger charge is -2.63. The van der Waals surface area contributed by atoms with Gasteiger partial charge >= 0.3 is 35.8 Å². The summed E-state index contributed by atoms with van der Waals surface area (Å²) in [5.41, 5.74) is -4.17. The summed E-state index contributed by atoms with van der Waals surface area (Å²) in [6.45, 7) is 16.5. The summed E-state index contributed by atoms with van der Waals surface area (Å²) >= 11 is 0. The summed E-state index contributed by atoms with van der Waals surface area (Å²) in [4.78, 5) is 80.3. The van der Waals surface area contributed by atoms with Crippen LogP contribution in [0.1, 0.15) is 86.8 Å². The molecule has 0 heterocycles. The molecule has 3 aliphatic rings. The highest BCUT2D eigenvalue weighted by atomic mass is 16.6. The number of carbonyl (C=O) groups is 6. The van der Waals surface area contributed by atoms with Crippen LogP contribution in [0.25, 0.3) is 0 Å². The number of hydrogen-bond donors (Lipinski definition) is 2. The van der Waals surface area contributed by atoms with Crippen LogP contribution in [0.3, 0.4) is 0 Å². The molecule has 0 aromatic heterocycles. The fourth-order valence-electron chi connectivity index (χ4n) is 9.27. The van der Waals surface area contributed by atoms with Gasteiger partial charge in [0.1, 0.15) is 30.0 Å². The quantitative estimate of drug-likeness (QED) is 0.199. The van der Waals surface area contributed by atoms with E-state index < -0.39 is 107 Å². The third kappa shape index (κ3) is 8.12. The number of esters is 6. The number of rotatable bonds is 10. The predicted octanol–water partition coefficient (Wildman–Crippen LogP) is 3.29. The van der Waals surface area contributed by atoms with Gasteiger partial charge in [-0.25, -0.2) is 4.79 Å². The summed E-state index contributed by atoms with van der Waals surface area (Å²) in [5, 5.41) is 24.8. The molecule has 56 heavy (non-hydrogen) atoms. The summed E-state index contributed by atoms with van der Waals surface area (Å²) in [6.07, 6.45) is -10.9. The second kappa shape index (κ2) is 16.5. The Hall–Kier alpha value is -4.60. The number of aliphatic hydroxyl groups is 2. The van der Waals surface area contributed by atoms with Gasteiger partial charge in [0.25, 0.3) is 0 Å². The highest BCUT2D eigenvalue weighted by Crippen LogP contribution is 2.63. The molecule has 2 N–H and O–H groups in total. The van der Waals surface area contributed by atoms with Gasteiger partial charge in [0.05, 0.1) is 11.5 Å². The highest BCUT2D eigenvalue weighted by Gasteiger charge is 2.72. The van der Waals surface area contributed by atoms with Crippen LogP contribution >= 0.6 is 0 Å². The molecule has 0 amide bonds. The number of aliphatic hydroxyl groups excluding tert-OH is 1. The largest absolute Gasteiger partial charge is 0.462 e. The first-order valence-corrected chi connectivity index (χ1v) is 18.5. The fourth-order valence-corrected chi connectivity index (χ4v) is 9.27. The molecule has 2 fully saturated rings. The monoisotopic (exact) mass is 785 g/mol. The average molecular weight is 786 g/mol. The molecule has 11 unspecified atom stereocenters. The molecule has 1 aromatic rings. The summed E-state index contributed by atoms with van der Waals surface area (Å²) in [7, 11) is 3.37. The Morgan fingerprint density at radius 1 is 0.768 bits per heavy atom. The van der Waals surface area contributed by atoms with Gasteiger partial charge in [-0.15, -0.1) is 0 Å². The standard InChI is InChI=1S/C41H55NO14/c1-20-28(56-38(49)34(48)33(42(11)12)27-16-14-13-15-17-27)18-30(52-23(4)44)40(10)32(20)36(54-25(6)46)41(50)19-29(51-22(3)43)21(2)31(39(41,8)9)35(53-24(5)45)37(40)55-26(7)47/h13-17,28-30,32-37,48,50H,1,18-19H2,2-12H3. The van der Waals surface area contributed by atoms with E-state index in [1.165, 1.54) is 6.92 Å². The Balaban J connectivity index is 2.05. The number of likely N-dealkylation sites (N-methyl/N-ethyl adjacent to an activating group) is 1. The summed E-state index contributed by atoms with van der Waals surface area (Å²) < 4.78 is 36.0. The van der Waals surface area contributed by atoms with Crippen LogP contribution in [0.2, 0.25) is 0 Å².